The molecule has 2 aromatic heterocycles. The number of benzene rings is 1. The van der Waals surface area contributed by atoms with Crippen LogP contribution in [0, 0.1) is 0 Å². The molecule has 4 rings (SSSR count). The number of carbonyl (C=O) groups is 2. The van der Waals surface area contributed by atoms with Crippen molar-refractivity contribution in [2.75, 3.05) is 7.11 Å². The Morgan fingerprint density at radius 3 is 2.50 bits per heavy atom. The first kappa shape index (κ1) is 19.3. The summed E-state index contributed by atoms with van der Waals surface area (Å²) in [6, 6.07) is 13.0. The van der Waals surface area contributed by atoms with E-state index >= 15 is 0 Å². The highest BCUT2D eigenvalue weighted by atomic mass is 16.5. The van der Waals surface area contributed by atoms with Crippen LogP contribution < -0.4 is 4.74 Å². The van der Waals surface area contributed by atoms with Gasteiger partial charge >= 0.3 is 0 Å². The lowest BCUT2D eigenvalue weighted by molar-refractivity contribution is -0.140. The van der Waals surface area contributed by atoms with Crippen LogP contribution in [-0.2, 0) is 16.1 Å². The normalized spacial score (nSPS) is 17.9. The van der Waals surface area contributed by atoms with Gasteiger partial charge in [-0.25, -0.2) is 0 Å². The first-order valence-electron chi connectivity index (χ1n) is 9.32. The molecule has 1 atom stereocenters. The molecule has 150 valence electrons. The fraction of sp³-hybridized carbons (Fsp3) is 0.130. The molecule has 0 saturated carbocycles. The molecule has 0 unspecified atom stereocenters. The molecule has 1 fully saturated rings. The van der Waals surface area contributed by atoms with Crippen molar-refractivity contribution in [1.29, 1.82) is 0 Å². The van der Waals surface area contributed by atoms with Gasteiger partial charge in [0.2, 0.25) is 0 Å². The fourth-order valence-electron chi connectivity index (χ4n) is 3.54. The topological polar surface area (TPSA) is 92.6 Å². The van der Waals surface area contributed by atoms with Gasteiger partial charge in [0.1, 0.15) is 11.5 Å². The number of ketones is 1. The van der Waals surface area contributed by atoms with E-state index in [0.717, 1.165) is 5.56 Å². The summed E-state index contributed by atoms with van der Waals surface area (Å²) in [6.07, 6.45) is 6.48. The highest BCUT2D eigenvalue weighted by molar-refractivity contribution is 6.46. The summed E-state index contributed by atoms with van der Waals surface area (Å²) in [5.41, 5.74) is 1.81. The van der Waals surface area contributed by atoms with Crippen molar-refractivity contribution >= 4 is 17.4 Å². The van der Waals surface area contributed by atoms with Crippen molar-refractivity contribution in [3.8, 4) is 5.75 Å². The third-order valence-electron chi connectivity index (χ3n) is 4.96. The van der Waals surface area contributed by atoms with Gasteiger partial charge in [-0.1, -0.05) is 24.3 Å². The fourth-order valence-corrected chi connectivity index (χ4v) is 3.54. The Labute approximate surface area is 173 Å². The number of aromatic nitrogens is 2. The minimum absolute atomic E-state index is 0.0187. The number of Topliss-reactive ketones (excluding diaryl/α,β-unsaturated/α-hetero) is 1. The lowest BCUT2D eigenvalue weighted by Crippen LogP contribution is -2.29. The Balaban J connectivity index is 1.85. The van der Waals surface area contributed by atoms with Crippen molar-refractivity contribution in [3.63, 3.8) is 0 Å². The number of amides is 1. The van der Waals surface area contributed by atoms with Gasteiger partial charge in [-0.05, 0) is 35.4 Å². The number of hydrogen-bond acceptors (Lipinski definition) is 6. The minimum atomic E-state index is -0.773. The van der Waals surface area contributed by atoms with Gasteiger partial charge < -0.3 is 14.7 Å². The molecule has 1 aliphatic heterocycles. The van der Waals surface area contributed by atoms with Gasteiger partial charge in [-0.3, -0.25) is 19.6 Å². The number of rotatable bonds is 5. The van der Waals surface area contributed by atoms with Crippen LogP contribution >= 0.6 is 0 Å². The zero-order valence-corrected chi connectivity index (χ0v) is 16.2. The maximum Gasteiger partial charge on any atom is 0.295 e. The molecule has 1 aromatic carbocycles. The smallest absolute Gasteiger partial charge is 0.295 e. The summed E-state index contributed by atoms with van der Waals surface area (Å²) < 4.78 is 5.21. The Bertz CT molecular complexity index is 1110. The van der Waals surface area contributed by atoms with E-state index in [-0.39, 0.29) is 17.9 Å². The van der Waals surface area contributed by atoms with Crippen LogP contribution in [-0.4, -0.2) is 38.8 Å². The number of likely N-dealkylation sites (tertiary alicyclic amines) is 1. The third kappa shape index (κ3) is 3.53. The van der Waals surface area contributed by atoms with E-state index < -0.39 is 17.7 Å². The number of pyridine rings is 2. The van der Waals surface area contributed by atoms with E-state index in [4.69, 9.17) is 4.74 Å². The molecule has 0 spiro atoms. The highest BCUT2D eigenvalue weighted by Gasteiger charge is 2.46. The molecular formula is C23H19N3O4. The number of carbonyl (C=O) groups excluding carboxylic acids is 2. The molecule has 3 aromatic rings. The van der Waals surface area contributed by atoms with Crippen molar-refractivity contribution in [2.45, 2.75) is 12.6 Å². The molecule has 0 radical (unpaired) electrons. The number of nitrogens with zero attached hydrogens (tertiary/aromatic N) is 3. The van der Waals surface area contributed by atoms with Crippen LogP contribution in [0.15, 0.2) is 78.9 Å². The second kappa shape index (κ2) is 8.16. The maximum atomic E-state index is 13.0. The quantitative estimate of drug-likeness (QED) is 0.401. The second-order valence-corrected chi connectivity index (χ2v) is 6.81. The Hall–Kier alpha value is -4.00. The molecule has 1 aliphatic rings. The zero-order valence-electron chi connectivity index (χ0n) is 16.2. The third-order valence-corrected chi connectivity index (χ3v) is 4.96. The number of aliphatic hydroxyl groups excluding tert-OH is 1. The predicted molar refractivity (Wildman–Crippen MR) is 109 cm³/mol. The second-order valence-electron chi connectivity index (χ2n) is 6.81. The summed E-state index contributed by atoms with van der Waals surface area (Å²) in [5, 5.41) is 11.0. The van der Waals surface area contributed by atoms with Gasteiger partial charge in [0.15, 0.2) is 0 Å². The van der Waals surface area contributed by atoms with E-state index in [9.17, 15) is 14.7 Å². The maximum absolute atomic E-state index is 13.0. The molecular weight excluding hydrogens is 382 g/mol. The summed E-state index contributed by atoms with van der Waals surface area (Å²) in [4.78, 5) is 35.6. The van der Waals surface area contributed by atoms with E-state index in [2.05, 4.69) is 9.97 Å². The van der Waals surface area contributed by atoms with Crippen molar-refractivity contribution in [3.05, 3.63) is 95.6 Å². The molecule has 7 heteroatoms. The highest BCUT2D eigenvalue weighted by Crippen LogP contribution is 2.40. The number of hydrogen-bond donors (Lipinski definition) is 1. The molecule has 1 N–H and O–H groups in total. The van der Waals surface area contributed by atoms with Gasteiger partial charge in [-0.15, -0.1) is 0 Å². The van der Waals surface area contributed by atoms with Crippen molar-refractivity contribution in [2.24, 2.45) is 0 Å². The molecule has 7 nitrogen and oxygen atoms in total. The van der Waals surface area contributed by atoms with Crippen LogP contribution in [0.1, 0.15) is 22.7 Å². The molecule has 0 aliphatic carbocycles. The summed E-state index contributed by atoms with van der Waals surface area (Å²) in [7, 11) is 1.52. The Morgan fingerprint density at radius 1 is 1.07 bits per heavy atom. The largest absolute Gasteiger partial charge is 0.507 e. The summed E-state index contributed by atoms with van der Waals surface area (Å²) in [6.45, 7) is 0.173. The predicted octanol–water partition coefficient (Wildman–Crippen LogP) is 3.11. The van der Waals surface area contributed by atoms with Crippen LogP contribution in [0.25, 0.3) is 5.76 Å². The van der Waals surface area contributed by atoms with Gasteiger partial charge in [0.25, 0.3) is 11.7 Å². The van der Waals surface area contributed by atoms with E-state index in [1.165, 1.54) is 12.0 Å². The molecule has 3 heterocycles. The molecule has 0 bridgehead atoms. The monoisotopic (exact) mass is 401 g/mol. The lowest BCUT2D eigenvalue weighted by Gasteiger charge is -2.25. The number of aliphatic hydroxyl groups is 1. The van der Waals surface area contributed by atoms with E-state index in [1.54, 1.807) is 67.3 Å². The first-order chi connectivity index (χ1) is 14.6. The molecule has 30 heavy (non-hydrogen) atoms. The lowest BCUT2D eigenvalue weighted by atomic mass is 9.96. The molecule has 1 amide bonds. The standard InChI is InChI=1S/C23H19N3O4/c1-30-18-8-2-6-16(11-18)21(27)19-20(17-7-4-10-25-13-17)26(23(29)22(19)28)14-15-5-3-9-24-12-15/h2-13,20,27H,14H2,1H3/t20-/m0/s1. The van der Waals surface area contributed by atoms with E-state index in [1.807, 2.05) is 6.07 Å². The number of ether oxygens (including phenoxy) is 1. The van der Waals surface area contributed by atoms with Gasteiger partial charge in [0, 0.05) is 36.9 Å². The SMILES string of the molecule is COc1cccc(C(O)=C2C(=O)C(=O)N(Cc3cccnc3)[C@H]2c2cccnc2)c1. The van der Waals surface area contributed by atoms with Gasteiger partial charge in [-0.2, -0.15) is 0 Å². The van der Waals surface area contributed by atoms with Crippen LogP contribution in [0.4, 0.5) is 0 Å². The average Bonchev–Trinajstić information content (AvgIpc) is 3.05. The summed E-state index contributed by atoms with van der Waals surface area (Å²) >= 11 is 0. The molecule has 1 saturated heterocycles. The number of methoxy groups -OCH3 is 1. The first-order valence-corrected chi connectivity index (χ1v) is 9.32. The van der Waals surface area contributed by atoms with Crippen molar-refractivity contribution < 1.29 is 19.4 Å². The van der Waals surface area contributed by atoms with Gasteiger partial charge in [0.05, 0.1) is 18.7 Å². The Morgan fingerprint density at radius 2 is 1.83 bits per heavy atom. The minimum Gasteiger partial charge on any atom is -0.507 e. The Kier molecular flexibility index (Phi) is 5.26. The van der Waals surface area contributed by atoms with Crippen LogP contribution in [0.5, 0.6) is 5.75 Å². The average molecular weight is 401 g/mol. The van der Waals surface area contributed by atoms with Crippen molar-refractivity contribution in [1.82, 2.24) is 14.9 Å². The van der Waals surface area contributed by atoms with Crippen LogP contribution in [0.3, 0.4) is 0 Å². The zero-order chi connectivity index (χ0) is 21.1. The summed E-state index contributed by atoms with van der Waals surface area (Å²) in [5.74, 6) is -1.15. The van der Waals surface area contributed by atoms with Crippen LogP contribution in [0.2, 0.25) is 0 Å². The van der Waals surface area contributed by atoms with E-state index in [0.29, 0.717) is 16.9 Å².